The van der Waals surface area contributed by atoms with E-state index in [1.54, 1.807) is 10.9 Å². The molecule has 0 spiro atoms. The topological polar surface area (TPSA) is 113 Å². The molecule has 1 amide bonds. The minimum Gasteiger partial charge on any atom is -0.477 e. The summed E-state index contributed by atoms with van der Waals surface area (Å²) < 4.78 is 1.70. The molecule has 1 aromatic carbocycles. The minimum atomic E-state index is -1.14. The number of rotatable bonds is 4. The Hall–Kier alpha value is -3.16. The van der Waals surface area contributed by atoms with Crippen LogP contribution in [0.15, 0.2) is 36.7 Å². The summed E-state index contributed by atoms with van der Waals surface area (Å²) in [4.78, 5) is 26.8. The number of nitrogens with zero attached hydrogens (tertiary/aromatic N) is 3. The molecule has 0 aliphatic rings. The van der Waals surface area contributed by atoms with Crippen molar-refractivity contribution < 1.29 is 14.7 Å². The van der Waals surface area contributed by atoms with Crippen molar-refractivity contribution in [2.45, 2.75) is 6.54 Å². The smallest absolute Gasteiger partial charge is 0.353 e. The number of carbonyl (C=O) groups excluding carboxylic acids is 1. The highest BCUT2D eigenvalue weighted by Gasteiger charge is 2.11. The van der Waals surface area contributed by atoms with E-state index in [2.05, 4.69) is 20.5 Å². The van der Waals surface area contributed by atoms with Crippen LogP contribution in [0.5, 0.6) is 0 Å². The number of aromatic carboxylic acids is 1. The molecule has 3 N–H and O–H groups in total. The Balaban J connectivity index is 1.72. The van der Waals surface area contributed by atoms with Crippen LogP contribution in [0.1, 0.15) is 10.5 Å². The van der Waals surface area contributed by atoms with Crippen molar-refractivity contribution in [1.82, 2.24) is 19.7 Å². The number of anilines is 1. The van der Waals surface area contributed by atoms with Crippen molar-refractivity contribution in [3.8, 4) is 0 Å². The van der Waals surface area contributed by atoms with E-state index >= 15 is 0 Å². The van der Waals surface area contributed by atoms with E-state index in [9.17, 15) is 9.59 Å². The molecule has 0 aliphatic carbocycles. The minimum absolute atomic E-state index is 0.0653. The molecule has 0 bridgehead atoms. The van der Waals surface area contributed by atoms with Gasteiger partial charge in [-0.25, -0.2) is 9.78 Å². The van der Waals surface area contributed by atoms with Gasteiger partial charge in [-0.3, -0.25) is 9.89 Å². The molecule has 0 unspecified atom stereocenters. The van der Waals surface area contributed by atoms with Crippen LogP contribution in [0.25, 0.3) is 11.0 Å². The van der Waals surface area contributed by atoms with Gasteiger partial charge in [-0.15, -0.1) is 0 Å². The number of imidazole rings is 1. The average molecular weight is 285 g/mol. The van der Waals surface area contributed by atoms with Gasteiger partial charge in [0.1, 0.15) is 12.2 Å². The van der Waals surface area contributed by atoms with E-state index in [1.807, 2.05) is 24.3 Å². The summed E-state index contributed by atoms with van der Waals surface area (Å²) in [6.45, 7) is 0.0653. The number of fused-ring (bicyclic) bond motifs is 1. The number of amides is 1. The third kappa shape index (κ3) is 2.59. The number of benzene rings is 1. The molecule has 0 atom stereocenters. The highest BCUT2D eigenvalue weighted by atomic mass is 16.4. The maximum absolute atomic E-state index is 11.9. The van der Waals surface area contributed by atoms with Crippen LogP contribution in [0.2, 0.25) is 0 Å². The molecule has 0 saturated heterocycles. The molecule has 2 heterocycles. The molecule has 0 fully saturated rings. The largest absolute Gasteiger partial charge is 0.477 e. The van der Waals surface area contributed by atoms with Gasteiger partial charge in [0, 0.05) is 6.07 Å². The van der Waals surface area contributed by atoms with Gasteiger partial charge < -0.3 is 15.0 Å². The highest BCUT2D eigenvalue weighted by Crippen LogP contribution is 2.12. The van der Waals surface area contributed by atoms with Crippen molar-refractivity contribution in [2.24, 2.45) is 0 Å². The number of carboxylic acids is 1. The Morgan fingerprint density at radius 1 is 1.33 bits per heavy atom. The Kier molecular flexibility index (Phi) is 3.11. The zero-order valence-corrected chi connectivity index (χ0v) is 10.8. The van der Waals surface area contributed by atoms with Gasteiger partial charge in [0.05, 0.1) is 17.4 Å². The van der Waals surface area contributed by atoms with Gasteiger partial charge in [-0.1, -0.05) is 12.1 Å². The molecule has 0 saturated carbocycles. The lowest BCUT2D eigenvalue weighted by atomic mass is 10.3. The summed E-state index contributed by atoms with van der Waals surface area (Å²) in [6, 6.07) is 8.72. The molecule has 8 nitrogen and oxygen atoms in total. The number of carbonyl (C=O) groups is 2. The van der Waals surface area contributed by atoms with Crippen LogP contribution >= 0.6 is 0 Å². The normalized spacial score (nSPS) is 10.7. The summed E-state index contributed by atoms with van der Waals surface area (Å²) in [5.41, 5.74) is 1.57. The van der Waals surface area contributed by atoms with Crippen LogP contribution in [0.3, 0.4) is 0 Å². The number of nitrogens with one attached hydrogen (secondary N) is 2. The third-order valence-electron chi connectivity index (χ3n) is 2.92. The number of aromatic amines is 1. The van der Waals surface area contributed by atoms with Gasteiger partial charge in [-0.05, 0) is 12.1 Å². The van der Waals surface area contributed by atoms with Gasteiger partial charge >= 0.3 is 5.97 Å². The first kappa shape index (κ1) is 12.9. The second-order valence-corrected chi connectivity index (χ2v) is 4.38. The summed E-state index contributed by atoms with van der Waals surface area (Å²) in [7, 11) is 0. The van der Waals surface area contributed by atoms with Crippen molar-refractivity contribution in [3.63, 3.8) is 0 Å². The molecule has 3 aromatic rings. The molecule has 3 rings (SSSR count). The van der Waals surface area contributed by atoms with E-state index in [4.69, 9.17) is 5.11 Å². The number of aromatic nitrogens is 4. The number of para-hydroxylation sites is 2. The molecule has 0 aliphatic heterocycles. The lowest BCUT2D eigenvalue weighted by Gasteiger charge is -2.04. The van der Waals surface area contributed by atoms with Gasteiger partial charge in [0.15, 0.2) is 5.82 Å². The predicted molar refractivity (Wildman–Crippen MR) is 73.9 cm³/mol. The van der Waals surface area contributed by atoms with Crippen LogP contribution in [-0.2, 0) is 11.3 Å². The SMILES string of the molecule is O=C(Cn1cnc2ccccc21)Nc1cc(C(=O)O)[nH]n1. The van der Waals surface area contributed by atoms with Crippen molar-refractivity contribution in [3.05, 3.63) is 42.4 Å². The Morgan fingerprint density at radius 2 is 2.14 bits per heavy atom. The fourth-order valence-electron chi connectivity index (χ4n) is 1.97. The first-order valence-corrected chi connectivity index (χ1v) is 6.12. The molecule has 21 heavy (non-hydrogen) atoms. The molecule has 8 heteroatoms. The zero-order chi connectivity index (χ0) is 14.8. The Morgan fingerprint density at radius 3 is 2.90 bits per heavy atom. The molecule has 2 aromatic heterocycles. The second-order valence-electron chi connectivity index (χ2n) is 4.38. The summed E-state index contributed by atoms with van der Waals surface area (Å²) in [5, 5.41) is 17.3. The standard InChI is InChI=1S/C13H11N5O3/c19-12(15-11-5-9(13(20)21)16-17-11)6-18-7-14-8-3-1-2-4-10(8)18/h1-5,7H,6H2,(H,20,21)(H2,15,16,17,19). The van der Waals surface area contributed by atoms with Crippen LogP contribution in [-0.4, -0.2) is 36.7 Å². The lowest BCUT2D eigenvalue weighted by molar-refractivity contribution is -0.116. The summed E-state index contributed by atoms with van der Waals surface area (Å²) >= 11 is 0. The number of hydrogen-bond donors (Lipinski definition) is 3. The molecule has 0 radical (unpaired) electrons. The van der Waals surface area contributed by atoms with Crippen LogP contribution < -0.4 is 5.32 Å². The maximum atomic E-state index is 11.9. The Bertz CT molecular complexity index is 820. The van der Waals surface area contributed by atoms with Crippen LogP contribution in [0, 0.1) is 0 Å². The number of H-pyrrole nitrogens is 1. The predicted octanol–water partition coefficient (Wildman–Crippen LogP) is 1.10. The third-order valence-corrected chi connectivity index (χ3v) is 2.92. The Labute approximate surface area is 118 Å². The number of carboxylic acid groups (broad SMARTS) is 1. The van der Waals surface area contributed by atoms with E-state index in [0.29, 0.717) is 0 Å². The molecular weight excluding hydrogens is 274 g/mol. The van der Waals surface area contributed by atoms with Gasteiger partial charge in [0.25, 0.3) is 0 Å². The van der Waals surface area contributed by atoms with Crippen molar-refractivity contribution in [1.29, 1.82) is 0 Å². The van der Waals surface area contributed by atoms with E-state index in [1.165, 1.54) is 6.07 Å². The van der Waals surface area contributed by atoms with Crippen molar-refractivity contribution in [2.75, 3.05) is 5.32 Å². The monoisotopic (exact) mass is 285 g/mol. The zero-order valence-electron chi connectivity index (χ0n) is 10.8. The second kappa shape index (κ2) is 5.08. The van der Waals surface area contributed by atoms with Crippen molar-refractivity contribution >= 4 is 28.7 Å². The van der Waals surface area contributed by atoms with E-state index in [-0.39, 0.29) is 24.0 Å². The highest BCUT2D eigenvalue weighted by molar-refractivity contribution is 5.92. The maximum Gasteiger partial charge on any atom is 0.353 e. The quantitative estimate of drug-likeness (QED) is 0.664. The molecular formula is C13H11N5O3. The fraction of sp³-hybridized carbons (Fsp3) is 0.0769. The lowest BCUT2D eigenvalue weighted by Crippen LogP contribution is -2.18. The van der Waals surface area contributed by atoms with Crippen LogP contribution in [0.4, 0.5) is 5.82 Å². The van der Waals surface area contributed by atoms with E-state index in [0.717, 1.165) is 11.0 Å². The first-order valence-electron chi connectivity index (χ1n) is 6.12. The fourth-order valence-corrected chi connectivity index (χ4v) is 1.97. The average Bonchev–Trinajstić information content (AvgIpc) is 3.07. The molecule has 106 valence electrons. The summed E-state index contributed by atoms with van der Waals surface area (Å²) in [6.07, 6.45) is 1.58. The van der Waals surface area contributed by atoms with E-state index < -0.39 is 5.97 Å². The number of hydrogen-bond acceptors (Lipinski definition) is 4. The van der Waals surface area contributed by atoms with Gasteiger partial charge in [-0.2, -0.15) is 5.10 Å². The first-order chi connectivity index (χ1) is 10.1. The summed E-state index contributed by atoms with van der Waals surface area (Å²) in [5.74, 6) is -1.29. The van der Waals surface area contributed by atoms with Gasteiger partial charge in [0.2, 0.25) is 5.91 Å².